The standard InChI is InChI=1S/C11H16N2O3/c1-3-5-6-7-11(4-2)8(14)12-10(16)13-9(11)15/h5-6H,3-4,7H2,1-2H3,(H2,12,13,14,15,16)/b6-5+. The highest BCUT2D eigenvalue weighted by atomic mass is 16.2. The Bertz CT molecular complexity index is 327. The van der Waals surface area contributed by atoms with Gasteiger partial charge in [0.1, 0.15) is 5.41 Å². The third-order valence-electron chi connectivity index (χ3n) is 2.80. The van der Waals surface area contributed by atoms with E-state index >= 15 is 0 Å². The van der Waals surface area contributed by atoms with Gasteiger partial charge in [0.2, 0.25) is 11.8 Å². The highest BCUT2D eigenvalue weighted by Gasteiger charge is 2.47. The van der Waals surface area contributed by atoms with Crippen molar-refractivity contribution in [2.75, 3.05) is 0 Å². The number of carbonyl (C=O) groups excluding carboxylic acids is 3. The average Bonchev–Trinajstić information content (AvgIpc) is 2.22. The Labute approximate surface area is 94.3 Å². The van der Waals surface area contributed by atoms with Crippen LogP contribution in [0.4, 0.5) is 4.79 Å². The van der Waals surface area contributed by atoms with Gasteiger partial charge in [-0.15, -0.1) is 0 Å². The van der Waals surface area contributed by atoms with Crippen LogP contribution in [0.2, 0.25) is 0 Å². The molecule has 88 valence electrons. The van der Waals surface area contributed by atoms with Crippen LogP contribution in [0.15, 0.2) is 12.2 Å². The second kappa shape index (κ2) is 4.92. The van der Waals surface area contributed by atoms with Crippen LogP contribution in [0, 0.1) is 5.41 Å². The lowest BCUT2D eigenvalue weighted by Gasteiger charge is -2.31. The number of carbonyl (C=O) groups is 3. The molecule has 1 heterocycles. The van der Waals surface area contributed by atoms with Gasteiger partial charge in [-0.3, -0.25) is 20.2 Å². The van der Waals surface area contributed by atoms with Crippen molar-refractivity contribution >= 4 is 17.8 Å². The summed E-state index contributed by atoms with van der Waals surface area (Å²) in [5.74, 6) is -1.02. The lowest BCUT2D eigenvalue weighted by atomic mass is 9.78. The van der Waals surface area contributed by atoms with E-state index in [9.17, 15) is 14.4 Å². The minimum atomic E-state index is -1.14. The number of amides is 4. The maximum absolute atomic E-state index is 11.7. The third kappa shape index (κ3) is 2.13. The predicted molar refractivity (Wildman–Crippen MR) is 58.5 cm³/mol. The first kappa shape index (κ1) is 12.4. The highest BCUT2D eigenvalue weighted by Crippen LogP contribution is 2.29. The van der Waals surface area contributed by atoms with Crippen LogP contribution in [-0.4, -0.2) is 17.8 Å². The molecule has 0 aromatic carbocycles. The lowest BCUT2D eigenvalue weighted by Crippen LogP contribution is -2.62. The molecule has 0 unspecified atom stereocenters. The summed E-state index contributed by atoms with van der Waals surface area (Å²) in [4.78, 5) is 34.4. The van der Waals surface area contributed by atoms with E-state index in [1.54, 1.807) is 13.0 Å². The number of rotatable bonds is 4. The quantitative estimate of drug-likeness (QED) is 0.554. The second-order valence-corrected chi connectivity index (χ2v) is 3.76. The summed E-state index contributed by atoms with van der Waals surface area (Å²) in [6.07, 6.45) is 5.24. The summed E-state index contributed by atoms with van der Waals surface area (Å²) in [6.45, 7) is 3.73. The van der Waals surface area contributed by atoms with Crippen molar-refractivity contribution in [2.24, 2.45) is 5.41 Å². The molecule has 1 aliphatic rings. The molecular formula is C11H16N2O3. The molecule has 0 aromatic heterocycles. The normalized spacial score (nSPS) is 19.8. The fourth-order valence-corrected chi connectivity index (χ4v) is 1.68. The van der Waals surface area contributed by atoms with Crippen LogP contribution >= 0.6 is 0 Å². The van der Waals surface area contributed by atoms with E-state index in [1.807, 2.05) is 13.0 Å². The Morgan fingerprint density at radius 2 is 1.62 bits per heavy atom. The molecule has 1 rings (SSSR count). The lowest BCUT2D eigenvalue weighted by molar-refractivity contribution is -0.144. The molecule has 2 N–H and O–H groups in total. The van der Waals surface area contributed by atoms with Crippen LogP contribution in [0.3, 0.4) is 0 Å². The van der Waals surface area contributed by atoms with Gasteiger partial charge in [0.05, 0.1) is 0 Å². The maximum atomic E-state index is 11.7. The van der Waals surface area contributed by atoms with Gasteiger partial charge in [-0.1, -0.05) is 26.0 Å². The van der Waals surface area contributed by atoms with Gasteiger partial charge in [0.25, 0.3) is 0 Å². The van der Waals surface area contributed by atoms with Crippen molar-refractivity contribution in [3.05, 3.63) is 12.2 Å². The van der Waals surface area contributed by atoms with E-state index < -0.39 is 23.3 Å². The first-order chi connectivity index (χ1) is 7.56. The van der Waals surface area contributed by atoms with Gasteiger partial charge in [0.15, 0.2) is 0 Å². The first-order valence-corrected chi connectivity index (χ1v) is 5.38. The van der Waals surface area contributed by atoms with Crippen molar-refractivity contribution < 1.29 is 14.4 Å². The topological polar surface area (TPSA) is 75.3 Å². The molecule has 1 aliphatic heterocycles. The Morgan fingerprint density at radius 1 is 1.06 bits per heavy atom. The number of barbiturate groups is 1. The molecule has 0 bridgehead atoms. The number of urea groups is 1. The maximum Gasteiger partial charge on any atom is 0.328 e. The van der Waals surface area contributed by atoms with Gasteiger partial charge < -0.3 is 0 Å². The summed E-state index contributed by atoms with van der Waals surface area (Å²) in [5.41, 5.74) is -1.14. The molecule has 0 saturated carbocycles. The van der Waals surface area contributed by atoms with Crippen LogP contribution in [0.1, 0.15) is 33.1 Å². The molecule has 0 aromatic rings. The van der Waals surface area contributed by atoms with E-state index in [2.05, 4.69) is 10.6 Å². The largest absolute Gasteiger partial charge is 0.328 e. The predicted octanol–water partition coefficient (Wildman–Crippen LogP) is 1.11. The van der Waals surface area contributed by atoms with Crippen molar-refractivity contribution in [1.29, 1.82) is 0 Å². The molecule has 4 amide bonds. The summed E-state index contributed by atoms with van der Waals surface area (Å²) >= 11 is 0. The van der Waals surface area contributed by atoms with E-state index in [-0.39, 0.29) is 0 Å². The van der Waals surface area contributed by atoms with Crippen molar-refractivity contribution in [3.63, 3.8) is 0 Å². The van der Waals surface area contributed by atoms with Gasteiger partial charge in [-0.25, -0.2) is 4.79 Å². The van der Waals surface area contributed by atoms with E-state index in [4.69, 9.17) is 0 Å². The fourth-order valence-electron chi connectivity index (χ4n) is 1.68. The van der Waals surface area contributed by atoms with Crippen LogP contribution in [0.5, 0.6) is 0 Å². The molecule has 5 heteroatoms. The molecule has 1 fully saturated rings. The minimum absolute atomic E-state index is 0.322. The summed E-state index contributed by atoms with van der Waals surface area (Å²) in [6, 6.07) is -0.737. The van der Waals surface area contributed by atoms with Crippen molar-refractivity contribution in [2.45, 2.75) is 33.1 Å². The van der Waals surface area contributed by atoms with Crippen LogP contribution in [0.25, 0.3) is 0 Å². The third-order valence-corrected chi connectivity index (χ3v) is 2.80. The molecule has 1 saturated heterocycles. The van der Waals surface area contributed by atoms with Crippen LogP contribution < -0.4 is 10.6 Å². The highest BCUT2D eigenvalue weighted by molar-refractivity contribution is 6.19. The van der Waals surface area contributed by atoms with Crippen molar-refractivity contribution in [1.82, 2.24) is 10.6 Å². The monoisotopic (exact) mass is 224 g/mol. The number of nitrogens with one attached hydrogen (secondary N) is 2. The van der Waals surface area contributed by atoms with E-state index in [1.165, 1.54) is 0 Å². The SMILES string of the molecule is CC/C=C/CC1(CC)C(=O)NC(=O)NC1=O. The van der Waals surface area contributed by atoms with Crippen molar-refractivity contribution in [3.8, 4) is 0 Å². The molecule has 0 aliphatic carbocycles. The molecule has 0 spiro atoms. The van der Waals surface area contributed by atoms with Gasteiger partial charge in [-0.05, 0) is 19.3 Å². The average molecular weight is 224 g/mol. The Morgan fingerprint density at radius 3 is 2.06 bits per heavy atom. The minimum Gasteiger partial charge on any atom is -0.277 e. The second-order valence-electron chi connectivity index (χ2n) is 3.76. The number of hydrogen-bond donors (Lipinski definition) is 2. The number of imide groups is 2. The first-order valence-electron chi connectivity index (χ1n) is 5.38. The molecule has 0 atom stereocenters. The smallest absolute Gasteiger partial charge is 0.277 e. The molecular weight excluding hydrogens is 208 g/mol. The summed E-state index contributed by atoms with van der Waals surface area (Å²) < 4.78 is 0. The fraction of sp³-hybridized carbons (Fsp3) is 0.545. The molecule has 16 heavy (non-hydrogen) atoms. The zero-order valence-corrected chi connectivity index (χ0v) is 9.50. The summed E-state index contributed by atoms with van der Waals surface area (Å²) in [7, 11) is 0. The number of allylic oxidation sites excluding steroid dienone is 2. The van der Waals surface area contributed by atoms with E-state index in [0.29, 0.717) is 12.8 Å². The Balaban J connectivity index is 2.91. The van der Waals surface area contributed by atoms with Gasteiger partial charge in [0, 0.05) is 0 Å². The number of hydrogen-bond acceptors (Lipinski definition) is 3. The zero-order valence-electron chi connectivity index (χ0n) is 9.50. The summed E-state index contributed by atoms with van der Waals surface area (Å²) in [5, 5.41) is 4.27. The van der Waals surface area contributed by atoms with Gasteiger partial charge >= 0.3 is 6.03 Å². The Kier molecular flexibility index (Phi) is 3.82. The zero-order chi connectivity index (χ0) is 12.2. The van der Waals surface area contributed by atoms with Crippen LogP contribution in [-0.2, 0) is 9.59 Å². The molecule has 0 radical (unpaired) electrons. The van der Waals surface area contributed by atoms with E-state index in [0.717, 1.165) is 6.42 Å². The Hall–Kier alpha value is -1.65. The van der Waals surface area contributed by atoms with Gasteiger partial charge in [-0.2, -0.15) is 0 Å². The molecule has 5 nitrogen and oxygen atoms in total.